The number of fused-ring (bicyclic) bond motifs is 3. The monoisotopic (exact) mass is 441 g/mol. The van der Waals surface area contributed by atoms with Crippen LogP contribution >= 0.6 is 11.6 Å². The number of anilines is 1. The van der Waals surface area contributed by atoms with Gasteiger partial charge in [0.25, 0.3) is 0 Å². The number of nitrogens with one attached hydrogen (secondary N) is 1. The van der Waals surface area contributed by atoms with Gasteiger partial charge in [-0.1, -0.05) is 25.4 Å². The number of pyridine rings is 1. The molecule has 2 amide bonds. The van der Waals surface area contributed by atoms with E-state index < -0.39 is 0 Å². The van der Waals surface area contributed by atoms with Crippen LogP contribution in [0.25, 0.3) is 11.1 Å². The fourth-order valence-corrected chi connectivity index (χ4v) is 5.92. The lowest BCUT2D eigenvalue weighted by atomic mass is 9.89. The Morgan fingerprint density at radius 2 is 2.06 bits per heavy atom. The molecule has 1 aliphatic carbocycles. The lowest BCUT2D eigenvalue weighted by Crippen LogP contribution is -2.39. The second-order valence-corrected chi connectivity index (χ2v) is 10.5. The summed E-state index contributed by atoms with van der Waals surface area (Å²) in [7, 11) is 0. The zero-order valence-corrected chi connectivity index (χ0v) is 18.9. The summed E-state index contributed by atoms with van der Waals surface area (Å²) in [5, 5.41) is 8.04. The molecular weight excluding hydrogens is 414 g/mol. The average Bonchev–Trinajstić information content (AvgIpc) is 3.42. The maximum atomic E-state index is 12.7. The first-order valence-electron chi connectivity index (χ1n) is 11.0. The van der Waals surface area contributed by atoms with Crippen molar-refractivity contribution < 1.29 is 9.59 Å². The van der Waals surface area contributed by atoms with Crippen LogP contribution in [0.5, 0.6) is 0 Å². The SMILES string of the molecule is CC(=O)N1CC2CC1CC2CC(=O)Nc1cc(-c2cnn3c2CC(C)(C)C3)c(Cl)cn1. The third-order valence-corrected chi connectivity index (χ3v) is 7.43. The van der Waals surface area contributed by atoms with Crippen LogP contribution in [0.4, 0.5) is 5.82 Å². The second kappa shape index (κ2) is 7.33. The highest BCUT2D eigenvalue weighted by atomic mass is 35.5. The first-order valence-corrected chi connectivity index (χ1v) is 11.4. The molecule has 31 heavy (non-hydrogen) atoms. The van der Waals surface area contributed by atoms with E-state index in [1.54, 1.807) is 13.1 Å². The highest BCUT2D eigenvalue weighted by molar-refractivity contribution is 6.33. The Labute approximate surface area is 187 Å². The van der Waals surface area contributed by atoms with Crippen molar-refractivity contribution in [3.05, 3.63) is 29.2 Å². The number of piperidine rings is 1. The Morgan fingerprint density at radius 3 is 2.77 bits per heavy atom. The quantitative estimate of drug-likeness (QED) is 0.783. The molecule has 2 fully saturated rings. The number of hydrogen-bond donors (Lipinski definition) is 1. The molecule has 2 aromatic rings. The summed E-state index contributed by atoms with van der Waals surface area (Å²) in [6, 6.07) is 2.15. The van der Waals surface area contributed by atoms with E-state index in [-0.39, 0.29) is 17.2 Å². The minimum atomic E-state index is -0.0333. The van der Waals surface area contributed by atoms with Crippen LogP contribution in [-0.2, 0) is 22.6 Å². The maximum Gasteiger partial charge on any atom is 0.225 e. The van der Waals surface area contributed by atoms with E-state index in [1.807, 2.05) is 21.8 Å². The van der Waals surface area contributed by atoms with Gasteiger partial charge in [0.05, 0.1) is 11.2 Å². The van der Waals surface area contributed by atoms with Crippen LogP contribution in [0.15, 0.2) is 18.5 Å². The van der Waals surface area contributed by atoms with Crippen molar-refractivity contribution in [2.24, 2.45) is 17.3 Å². The molecule has 1 N–H and O–H groups in total. The van der Waals surface area contributed by atoms with Gasteiger partial charge < -0.3 is 10.2 Å². The van der Waals surface area contributed by atoms with E-state index in [0.29, 0.717) is 35.1 Å². The Kier molecular flexibility index (Phi) is 4.84. The predicted molar refractivity (Wildman–Crippen MR) is 119 cm³/mol. The molecule has 1 saturated heterocycles. The number of aromatic nitrogens is 3. The summed E-state index contributed by atoms with van der Waals surface area (Å²) < 4.78 is 2.05. The van der Waals surface area contributed by atoms with Gasteiger partial charge in [-0.3, -0.25) is 14.3 Å². The van der Waals surface area contributed by atoms with Crippen LogP contribution in [0, 0.1) is 17.3 Å². The van der Waals surface area contributed by atoms with E-state index in [0.717, 1.165) is 43.5 Å². The van der Waals surface area contributed by atoms with Crippen molar-refractivity contribution in [2.75, 3.05) is 11.9 Å². The van der Waals surface area contributed by atoms with Gasteiger partial charge in [0.2, 0.25) is 11.8 Å². The molecule has 8 heteroatoms. The Hall–Kier alpha value is -2.41. The number of halogens is 1. The van der Waals surface area contributed by atoms with E-state index >= 15 is 0 Å². The highest BCUT2D eigenvalue weighted by Gasteiger charge is 2.45. The number of rotatable bonds is 4. The minimum absolute atomic E-state index is 0.0333. The average molecular weight is 442 g/mol. The third kappa shape index (κ3) is 3.73. The van der Waals surface area contributed by atoms with E-state index in [4.69, 9.17) is 11.6 Å². The summed E-state index contributed by atoms with van der Waals surface area (Å²) in [6.45, 7) is 7.76. The molecular formula is C23H28ClN5O2. The van der Waals surface area contributed by atoms with Crippen molar-refractivity contribution >= 4 is 29.2 Å². The van der Waals surface area contributed by atoms with Crippen LogP contribution in [0.2, 0.25) is 5.02 Å². The second-order valence-electron chi connectivity index (χ2n) is 10.1. The summed E-state index contributed by atoms with van der Waals surface area (Å²) >= 11 is 6.47. The number of amides is 2. The maximum absolute atomic E-state index is 12.7. The molecule has 2 aliphatic heterocycles. The molecule has 0 spiro atoms. The van der Waals surface area contributed by atoms with Gasteiger partial charge in [-0.05, 0) is 42.6 Å². The van der Waals surface area contributed by atoms with Gasteiger partial charge in [-0.2, -0.15) is 5.10 Å². The molecule has 0 radical (unpaired) electrons. The molecule has 7 nitrogen and oxygen atoms in total. The predicted octanol–water partition coefficient (Wildman–Crippen LogP) is 3.77. The highest BCUT2D eigenvalue weighted by Crippen LogP contribution is 2.44. The number of nitrogens with zero attached hydrogens (tertiary/aromatic N) is 4. The van der Waals surface area contributed by atoms with E-state index in [9.17, 15) is 9.59 Å². The normalized spacial score (nSPS) is 25.7. The van der Waals surface area contributed by atoms with Gasteiger partial charge >= 0.3 is 0 Å². The Bertz CT molecular complexity index is 1060. The fourth-order valence-electron chi connectivity index (χ4n) is 5.71. The summed E-state index contributed by atoms with van der Waals surface area (Å²) in [6.07, 6.45) is 6.78. The number of likely N-dealkylation sites (tertiary alicyclic amines) is 1. The van der Waals surface area contributed by atoms with Crippen molar-refractivity contribution in [2.45, 2.75) is 59.0 Å². The molecule has 0 aromatic carbocycles. The topological polar surface area (TPSA) is 80.1 Å². The largest absolute Gasteiger partial charge is 0.340 e. The Balaban J connectivity index is 1.28. The molecule has 2 bridgehead atoms. The van der Waals surface area contributed by atoms with Crippen LogP contribution in [0.1, 0.15) is 45.7 Å². The zero-order chi connectivity index (χ0) is 21.9. The van der Waals surface area contributed by atoms with E-state index in [1.165, 1.54) is 5.69 Å². The van der Waals surface area contributed by atoms with Crippen molar-refractivity contribution in [3.8, 4) is 11.1 Å². The van der Waals surface area contributed by atoms with Gasteiger partial charge in [0.1, 0.15) is 5.82 Å². The molecule has 5 rings (SSSR count). The molecule has 3 unspecified atom stereocenters. The lowest BCUT2D eigenvalue weighted by molar-refractivity contribution is -0.130. The summed E-state index contributed by atoms with van der Waals surface area (Å²) in [4.78, 5) is 30.7. The van der Waals surface area contributed by atoms with Crippen LogP contribution in [-0.4, -0.2) is 44.1 Å². The molecule has 3 atom stereocenters. The third-order valence-electron chi connectivity index (χ3n) is 7.13. The lowest BCUT2D eigenvalue weighted by Gasteiger charge is -2.30. The first kappa shape index (κ1) is 20.5. The molecule has 164 valence electrons. The van der Waals surface area contributed by atoms with Crippen molar-refractivity contribution in [1.82, 2.24) is 19.7 Å². The summed E-state index contributed by atoms with van der Waals surface area (Å²) in [5.74, 6) is 1.37. The summed E-state index contributed by atoms with van der Waals surface area (Å²) in [5.41, 5.74) is 3.20. The standard InChI is InChI=1S/C23H28ClN5O2/c1-13(30)28-11-15-5-16(28)4-14(15)6-22(31)27-21-7-17(19(24)10-25-21)18-9-26-29-12-23(2,3)8-20(18)29/h7,9-10,14-16H,4-6,8,11-12H2,1-3H3,(H,25,27,31). The molecule has 3 aliphatic rings. The first-order chi connectivity index (χ1) is 14.7. The number of carbonyl (C=O) groups excluding carboxylic acids is 2. The van der Waals surface area contributed by atoms with Crippen molar-refractivity contribution in [1.29, 1.82) is 0 Å². The Morgan fingerprint density at radius 1 is 1.26 bits per heavy atom. The number of hydrogen-bond acceptors (Lipinski definition) is 4. The van der Waals surface area contributed by atoms with Crippen molar-refractivity contribution in [3.63, 3.8) is 0 Å². The molecule has 2 aromatic heterocycles. The number of carbonyl (C=O) groups is 2. The molecule has 4 heterocycles. The van der Waals surface area contributed by atoms with Gasteiger partial charge in [0, 0.05) is 55.5 Å². The molecule has 1 saturated carbocycles. The van der Waals surface area contributed by atoms with E-state index in [2.05, 4.69) is 29.2 Å². The minimum Gasteiger partial charge on any atom is -0.340 e. The van der Waals surface area contributed by atoms with Gasteiger partial charge in [-0.15, -0.1) is 0 Å². The van der Waals surface area contributed by atoms with Crippen LogP contribution < -0.4 is 5.32 Å². The zero-order valence-electron chi connectivity index (χ0n) is 18.2. The van der Waals surface area contributed by atoms with Gasteiger partial charge in [-0.25, -0.2) is 4.98 Å². The van der Waals surface area contributed by atoms with Gasteiger partial charge in [0.15, 0.2) is 0 Å². The fraction of sp³-hybridized carbons (Fsp3) is 0.565. The van der Waals surface area contributed by atoms with Crippen LogP contribution in [0.3, 0.4) is 0 Å². The smallest absolute Gasteiger partial charge is 0.225 e.